The largest absolute Gasteiger partial charge is 0.352 e. The van der Waals surface area contributed by atoms with E-state index in [-0.39, 0.29) is 30.2 Å². The molecule has 0 bridgehead atoms. The number of nitrogens with one attached hydrogen (secondary N) is 2. The third kappa shape index (κ3) is 7.10. The summed E-state index contributed by atoms with van der Waals surface area (Å²) in [5, 5.41) is 5.75. The highest BCUT2D eigenvalue weighted by atomic mass is 16.2. The first kappa shape index (κ1) is 21.6. The number of piperazine rings is 1. The summed E-state index contributed by atoms with van der Waals surface area (Å²) < 4.78 is 0. The molecule has 2 fully saturated rings. The van der Waals surface area contributed by atoms with Crippen LogP contribution >= 0.6 is 0 Å². The Bertz CT molecular complexity index is 511. The van der Waals surface area contributed by atoms with Gasteiger partial charge in [-0.3, -0.25) is 19.3 Å². The van der Waals surface area contributed by atoms with Crippen molar-refractivity contribution in [2.45, 2.75) is 58.0 Å². The lowest BCUT2D eigenvalue weighted by molar-refractivity contribution is -0.135. The van der Waals surface area contributed by atoms with Gasteiger partial charge in [0.15, 0.2) is 0 Å². The molecule has 1 saturated carbocycles. The van der Waals surface area contributed by atoms with Crippen molar-refractivity contribution < 1.29 is 14.4 Å². The number of rotatable bonds is 7. The molecule has 0 aromatic heterocycles. The Morgan fingerprint density at radius 1 is 1.04 bits per heavy atom. The zero-order valence-electron chi connectivity index (χ0n) is 16.7. The summed E-state index contributed by atoms with van der Waals surface area (Å²) in [5.74, 6) is -0.290. The van der Waals surface area contributed by atoms with Gasteiger partial charge in [0.05, 0.1) is 19.1 Å². The average Bonchev–Trinajstić information content (AvgIpc) is 2.66. The Morgan fingerprint density at radius 3 is 2.26 bits per heavy atom. The maximum absolute atomic E-state index is 12.3. The zero-order chi connectivity index (χ0) is 19.8. The van der Waals surface area contributed by atoms with E-state index in [0.717, 1.165) is 12.8 Å². The maximum Gasteiger partial charge on any atom is 0.242 e. The molecule has 2 aliphatic rings. The van der Waals surface area contributed by atoms with E-state index in [4.69, 9.17) is 5.73 Å². The molecular formula is C19H35N5O3. The van der Waals surface area contributed by atoms with Gasteiger partial charge in [-0.2, -0.15) is 0 Å². The lowest BCUT2D eigenvalue weighted by Gasteiger charge is -2.35. The third-order valence-electron chi connectivity index (χ3n) is 5.50. The van der Waals surface area contributed by atoms with Crippen LogP contribution in [-0.2, 0) is 14.4 Å². The van der Waals surface area contributed by atoms with Crippen molar-refractivity contribution in [3.8, 4) is 0 Å². The van der Waals surface area contributed by atoms with Crippen molar-refractivity contribution in [2.24, 2.45) is 11.7 Å². The van der Waals surface area contributed by atoms with Crippen LogP contribution in [0, 0.1) is 5.92 Å². The molecule has 1 saturated heterocycles. The molecule has 0 aromatic carbocycles. The van der Waals surface area contributed by atoms with Crippen molar-refractivity contribution in [1.82, 2.24) is 20.4 Å². The van der Waals surface area contributed by atoms with Crippen LogP contribution in [0.1, 0.15) is 46.0 Å². The van der Waals surface area contributed by atoms with Gasteiger partial charge in [-0.15, -0.1) is 0 Å². The Hall–Kier alpha value is -1.67. The van der Waals surface area contributed by atoms with Crippen molar-refractivity contribution in [2.75, 3.05) is 39.3 Å². The molecular weight excluding hydrogens is 346 g/mol. The predicted molar refractivity (Wildman–Crippen MR) is 104 cm³/mol. The number of hydrogen-bond donors (Lipinski definition) is 3. The number of nitrogens with two attached hydrogens (primary N) is 1. The molecule has 0 spiro atoms. The fourth-order valence-electron chi connectivity index (χ4n) is 3.57. The molecule has 4 N–H and O–H groups in total. The van der Waals surface area contributed by atoms with Crippen LogP contribution < -0.4 is 16.4 Å². The van der Waals surface area contributed by atoms with Crippen LogP contribution in [0.5, 0.6) is 0 Å². The molecule has 0 radical (unpaired) electrons. The fraction of sp³-hybridized carbons (Fsp3) is 0.842. The summed E-state index contributed by atoms with van der Waals surface area (Å²) in [6, 6.07) is -0.271. The molecule has 0 aromatic rings. The summed E-state index contributed by atoms with van der Waals surface area (Å²) >= 11 is 0. The van der Waals surface area contributed by atoms with Gasteiger partial charge in [-0.25, -0.2) is 0 Å². The molecule has 0 unspecified atom stereocenters. The number of carbonyl (C=O) groups is 3. The number of carbonyl (C=O) groups excluding carboxylic acids is 3. The van der Waals surface area contributed by atoms with Crippen LogP contribution in [0.3, 0.4) is 0 Å². The topological polar surface area (TPSA) is 108 Å². The SMILES string of the molecule is CC(C)[C@H](N)C(=O)NCC(=O)N1CCN(CC(=O)NC2CCCCC2)CC1. The Morgan fingerprint density at radius 2 is 1.67 bits per heavy atom. The van der Waals surface area contributed by atoms with E-state index in [2.05, 4.69) is 15.5 Å². The zero-order valence-corrected chi connectivity index (χ0v) is 16.7. The normalized spacial score (nSPS) is 20.4. The molecule has 8 nitrogen and oxygen atoms in total. The Kier molecular flexibility index (Phi) is 8.50. The minimum atomic E-state index is -0.600. The highest BCUT2D eigenvalue weighted by molar-refractivity contribution is 5.87. The van der Waals surface area contributed by atoms with E-state index < -0.39 is 6.04 Å². The van der Waals surface area contributed by atoms with Gasteiger partial charge in [-0.05, 0) is 18.8 Å². The number of hydrogen-bond acceptors (Lipinski definition) is 5. The van der Waals surface area contributed by atoms with Crippen LogP contribution in [-0.4, -0.2) is 78.9 Å². The lowest BCUT2D eigenvalue weighted by atomic mass is 9.95. The Balaban J connectivity index is 1.64. The lowest BCUT2D eigenvalue weighted by Crippen LogP contribution is -2.54. The van der Waals surface area contributed by atoms with Gasteiger partial charge in [0.25, 0.3) is 0 Å². The second-order valence-corrected chi connectivity index (χ2v) is 8.05. The van der Waals surface area contributed by atoms with Gasteiger partial charge in [0.1, 0.15) is 0 Å². The van der Waals surface area contributed by atoms with Crippen LogP contribution in [0.4, 0.5) is 0 Å². The van der Waals surface area contributed by atoms with E-state index in [9.17, 15) is 14.4 Å². The van der Waals surface area contributed by atoms with Gasteiger partial charge in [0.2, 0.25) is 17.7 Å². The van der Waals surface area contributed by atoms with Crippen molar-refractivity contribution in [3.63, 3.8) is 0 Å². The molecule has 1 atom stereocenters. The van der Waals surface area contributed by atoms with Crippen LogP contribution in [0.2, 0.25) is 0 Å². The monoisotopic (exact) mass is 381 g/mol. The van der Waals surface area contributed by atoms with E-state index in [1.807, 2.05) is 13.8 Å². The molecule has 1 aliphatic heterocycles. The molecule has 154 valence electrons. The van der Waals surface area contributed by atoms with Crippen LogP contribution in [0.15, 0.2) is 0 Å². The molecule has 8 heteroatoms. The Labute approximate surface area is 162 Å². The summed E-state index contributed by atoms with van der Waals surface area (Å²) in [6.45, 7) is 6.58. The van der Waals surface area contributed by atoms with E-state index in [1.54, 1.807) is 4.90 Å². The van der Waals surface area contributed by atoms with Gasteiger partial charge < -0.3 is 21.3 Å². The highest BCUT2D eigenvalue weighted by Crippen LogP contribution is 2.17. The van der Waals surface area contributed by atoms with E-state index >= 15 is 0 Å². The van der Waals surface area contributed by atoms with Crippen molar-refractivity contribution >= 4 is 17.7 Å². The predicted octanol–water partition coefficient (Wildman–Crippen LogP) is -0.321. The summed E-state index contributed by atoms with van der Waals surface area (Å²) in [7, 11) is 0. The van der Waals surface area contributed by atoms with Gasteiger partial charge >= 0.3 is 0 Å². The first-order chi connectivity index (χ1) is 12.9. The van der Waals surface area contributed by atoms with Crippen molar-refractivity contribution in [1.29, 1.82) is 0 Å². The first-order valence-corrected chi connectivity index (χ1v) is 10.2. The van der Waals surface area contributed by atoms with Gasteiger partial charge in [-0.1, -0.05) is 33.1 Å². The average molecular weight is 382 g/mol. The maximum atomic E-state index is 12.3. The third-order valence-corrected chi connectivity index (χ3v) is 5.50. The van der Waals surface area contributed by atoms with E-state index in [0.29, 0.717) is 38.8 Å². The standard InChI is InChI=1S/C19H35N5O3/c1-14(2)18(20)19(27)21-12-17(26)24-10-8-23(9-11-24)13-16(25)22-15-6-4-3-5-7-15/h14-15,18H,3-13,20H2,1-2H3,(H,21,27)(H,22,25)/t18-/m0/s1. The quantitative estimate of drug-likeness (QED) is 0.560. The summed E-state index contributed by atoms with van der Waals surface area (Å²) in [4.78, 5) is 40.1. The molecule has 3 amide bonds. The minimum absolute atomic E-state index is 0.0264. The van der Waals surface area contributed by atoms with Crippen molar-refractivity contribution in [3.05, 3.63) is 0 Å². The van der Waals surface area contributed by atoms with E-state index in [1.165, 1.54) is 19.3 Å². The molecule has 2 rings (SSSR count). The minimum Gasteiger partial charge on any atom is -0.352 e. The first-order valence-electron chi connectivity index (χ1n) is 10.2. The smallest absolute Gasteiger partial charge is 0.242 e. The molecule has 27 heavy (non-hydrogen) atoms. The number of amides is 3. The van der Waals surface area contributed by atoms with Crippen LogP contribution in [0.25, 0.3) is 0 Å². The fourth-order valence-corrected chi connectivity index (χ4v) is 3.57. The van der Waals surface area contributed by atoms with Gasteiger partial charge in [0, 0.05) is 32.2 Å². The molecule has 1 aliphatic carbocycles. The highest BCUT2D eigenvalue weighted by Gasteiger charge is 2.24. The second kappa shape index (κ2) is 10.6. The molecule has 1 heterocycles. The second-order valence-electron chi connectivity index (χ2n) is 8.05. The number of nitrogens with zero attached hydrogens (tertiary/aromatic N) is 2. The summed E-state index contributed by atoms with van der Waals surface area (Å²) in [6.07, 6.45) is 5.83. The summed E-state index contributed by atoms with van der Waals surface area (Å²) in [5.41, 5.74) is 5.77.